The Morgan fingerprint density at radius 3 is 2.60 bits per heavy atom. The average molecular weight is 310 g/mol. The van der Waals surface area contributed by atoms with Crippen LogP contribution in [-0.4, -0.2) is 35.5 Å². The summed E-state index contributed by atoms with van der Waals surface area (Å²) in [5.74, 6) is -0.518. The van der Waals surface area contributed by atoms with Crippen LogP contribution in [0.3, 0.4) is 0 Å². The number of alkyl halides is 3. The molecule has 1 aromatic rings. The topological polar surface area (TPSA) is 89.2 Å². The molecule has 0 bridgehead atoms. The van der Waals surface area contributed by atoms with Crippen molar-refractivity contribution in [1.29, 1.82) is 0 Å². The number of rotatable bonds is 2. The van der Waals surface area contributed by atoms with Crippen molar-refractivity contribution in [1.82, 2.24) is 14.3 Å². The van der Waals surface area contributed by atoms with Crippen LogP contribution in [0.5, 0.6) is 0 Å². The van der Waals surface area contributed by atoms with E-state index in [-0.39, 0.29) is 12.2 Å². The number of nitrogens with zero attached hydrogens (tertiary/aromatic N) is 3. The van der Waals surface area contributed by atoms with Gasteiger partial charge in [0, 0.05) is 6.54 Å². The summed E-state index contributed by atoms with van der Waals surface area (Å²) in [7, 11) is -3.51. The van der Waals surface area contributed by atoms with E-state index >= 15 is 0 Å². The number of nitrogens with two attached hydrogens (primary N) is 1. The van der Waals surface area contributed by atoms with Gasteiger partial charge in [-0.2, -0.15) is 17.5 Å². The first-order valence-electron chi connectivity index (χ1n) is 5.77. The molecule has 2 heterocycles. The first-order chi connectivity index (χ1) is 9.09. The molecule has 0 aromatic carbocycles. The molecule has 20 heavy (non-hydrogen) atoms. The predicted molar refractivity (Wildman–Crippen MR) is 65.0 cm³/mol. The number of sulfonamides is 1. The summed E-state index contributed by atoms with van der Waals surface area (Å²) < 4.78 is 62.4. The number of halogens is 3. The molecule has 0 saturated carbocycles. The second-order valence-electron chi connectivity index (χ2n) is 4.57. The summed E-state index contributed by atoms with van der Waals surface area (Å²) in [5.41, 5.74) is 4.10. The lowest BCUT2D eigenvalue weighted by atomic mass is 10.1. The van der Waals surface area contributed by atoms with Gasteiger partial charge in [-0.1, -0.05) is 0 Å². The van der Waals surface area contributed by atoms with E-state index in [2.05, 4.69) is 9.97 Å². The Balaban J connectivity index is 2.45. The van der Waals surface area contributed by atoms with Crippen molar-refractivity contribution in [3.8, 4) is 0 Å². The molecule has 1 atom stereocenters. The standard InChI is InChI=1S/C10H13F3N4O2S/c1-20(18,19)17-4-2-3-7(17)6-5-8(10(11,12)13)16-9(14)15-6/h5,7H,2-4H2,1H3,(H2,14,15,16). The fourth-order valence-corrected chi connectivity index (χ4v) is 3.37. The average Bonchev–Trinajstić information content (AvgIpc) is 2.75. The summed E-state index contributed by atoms with van der Waals surface area (Å²) in [4.78, 5) is 6.89. The third-order valence-corrected chi connectivity index (χ3v) is 4.31. The Labute approximate surface area is 113 Å². The maximum absolute atomic E-state index is 12.7. The second kappa shape index (κ2) is 4.85. The van der Waals surface area contributed by atoms with E-state index in [0.717, 1.165) is 16.6 Å². The molecule has 1 aliphatic heterocycles. The Bertz CT molecular complexity index is 617. The van der Waals surface area contributed by atoms with Crippen LogP contribution in [0.4, 0.5) is 19.1 Å². The molecule has 0 aliphatic carbocycles. The number of aromatic nitrogens is 2. The maximum Gasteiger partial charge on any atom is 0.433 e. The molecule has 2 rings (SSSR count). The smallest absolute Gasteiger partial charge is 0.368 e. The molecule has 10 heteroatoms. The normalized spacial score (nSPS) is 21.3. The zero-order chi connectivity index (χ0) is 15.1. The van der Waals surface area contributed by atoms with Crippen LogP contribution in [0.2, 0.25) is 0 Å². The van der Waals surface area contributed by atoms with Gasteiger partial charge >= 0.3 is 6.18 Å². The number of nitrogen functional groups attached to an aromatic ring is 1. The highest BCUT2D eigenvalue weighted by molar-refractivity contribution is 7.88. The Morgan fingerprint density at radius 1 is 1.40 bits per heavy atom. The van der Waals surface area contributed by atoms with Gasteiger partial charge in [-0.15, -0.1) is 0 Å². The highest BCUT2D eigenvalue weighted by Gasteiger charge is 2.37. The molecule has 112 valence electrons. The lowest BCUT2D eigenvalue weighted by Crippen LogP contribution is -2.30. The van der Waals surface area contributed by atoms with Crippen molar-refractivity contribution in [2.24, 2.45) is 0 Å². The summed E-state index contributed by atoms with van der Waals surface area (Å²) in [6.07, 6.45) is -2.68. The SMILES string of the molecule is CS(=O)(=O)N1CCCC1c1cc(C(F)(F)F)nc(N)n1. The van der Waals surface area contributed by atoms with Crippen molar-refractivity contribution < 1.29 is 21.6 Å². The minimum atomic E-state index is -4.65. The molecule has 1 aliphatic rings. The largest absolute Gasteiger partial charge is 0.433 e. The molecule has 0 amide bonds. The zero-order valence-corrected chi connectivity index (χ0v) is 11.4. The molecule has 1 aromatic heterocycles. The van der Waals surface area contributed by atoms with E-state index in [1.54, 1.807) is 0 Å². The lowest BCUT2D eigenvalue weighted by Gasteiger charge is -2.22. The van der Waals surface area contributed by atoms with Gasteiger partial charge in [0.15, 0.2) is 0 Å². The number of hydrogen-bond acceptors (Lipinski definition) is 5. The maximum atomic E-state index is 12.7. The quantitative estimate of drug-likeness (QED) is 0.886. The van der Waals surface area contributed by atoms with Crippen LogP contribution in [0.1, 0.15) is 30.3 Å². The van der Waals surface area contributed by atoms with Crippen molar-refractivity contribution in [3.05, 3.63) is 17.5 Å². The minimum Gasteiger partial charge on any atom is -0.368 e. The van der Waals surface area contributed by atoms with Crippen molar-refractivity contribution in [2.75, 3.05) is 18.5 Å². The van der Waals surface area contributed by atoms with Crippen molar-refractivity contribution in [3.63, 3.8) is 0 Å². The van der Waals surface area contributed by atoms with Gasteiger partial charge in [0.1, 0.15) is 5.69 Å². The van der Waals surface area contributed by atoms with E-state index in [4.69, 9.17) is 5.73 Å². The van der Waals surface area contributed by atoms with Gasteiger partial charge in [0.2, 0.25) is 16.0 Å². The van der Waals surface area contributed by atoms with Crippen LogP contribution < -0.4 is 5.73 Å². The fourth-order valence-electron chi connectivity index (χ4n) is 2.23. The highest BCUT2D eigenvalue weighted by atomic mass is 32.2. The van der Waals surface area contributed by atoms with Crippen molar-refractivity contribution >= 4 is 16.0 Å². The molecule has 0 radical (unpaired) electrons. The van der Waals surface area contributed by atoms with Gasteiger partial charge in [-0.05, 0) is 18.9 Å². The van der Waals surface area contributed by atoms with Crippen LogP contribution >= 0.6 is 0 Å². The molecular weight excluding hydrogens is 297 g/mol. The van der Waals surface area contributed by atoms with E-state index < -0.39 is 33.9 Å². The Hall–Kier alpha value is -1.42. The number of hydrogen-bond donors (Lipinski definition) is 1. The number of anilines is 1. The Kier molecular flexibility index (Phi) is 3.63. The zero-order valence-electron chi connectivity index (χ0n) is 10.6. The van der Waals surface area contributed by atoms with E-state index in [9.17, 15) is 21.6 Å². The monoisotopic (exact) mass is 310 g/mol. The Morgan fingerprint density at radius 2 is 2.05 bits per heavy atom. The van der Waals surface area contributed by atoms with Crippen LogP contribution in [-0.2, 0) is 16.2 Å². The fraction of sp³-hybridized carbons (Fsp3) is 0.600. The summed E-state index contributed by atoms with van der Waals surface area (Å²) >= 11 is 0. The van der Waals surface area contributed by atoms with E-state index in [1.165, 1.54) is 0 Å². The van der Waals surface area contributed by atoms with Crippen LogP contribution in [0.25, 0.3) is 0 Å². The third-order valence-electron chi connectivity index (χ3n) is 3.02. The molecule has 1 unspecified atom stereocenters. The van der Waals surface area contributed by atoms with Gasteiger partial charge < -0.3 is 5.73 Å². The van der Waals surface area contributed by atoms with Gasteiger partial charge in [0.25, 0.3) is 0 Å². The molecule has 1 saturated heterocycles. The molecule has 0 spiro atoms. The van der Waals surface area contributed by atoms with Gasteiger partial charge in [0.05, 0.1) is 18.0 Å². The first-order valence-corrected chi connectivity index (χ1v) is 7.62. The van der Waals surface area contributed by atoms with E-state index in [0.29, 0.717) is 12.8 Å². The predicted octanol–water partition coefficient (Wildman–Crippen LogP) is 1.17. The minimum absolute atomic E-state index is 0.0206. The lowest BCUT2D eigenvalue weighted by molar-refractivity contribution is -0.141. The second-order valence-corrected chi connectivity index (χ2v) is 6.50. The molecule has 6 nitrogen and oxygen atoms in total. The molecular formula is C10H13F3N4O2S. The first kappa shape index (κ1) is 15.0. The summed E-state index contributed by atoms with van der Waals surface area (Å²) in [5, 5.41) is 0. The van der Waals surface area contributed by atoms with Crippen molar-refractivity contribution in [2.45, 2.75) is 25.1 Å². The van der Waals surface area contributed by atoms with Crippen LogP contribution in [0, 0.1) is 0 Å². The highest BCUT2D eigenvalue weighted by Crippen LogP contribution is 2.35. The van der Waals surface area contributed by atoms with Gasteiger partial charge in [-0.25, -0.2) is 18.4 Å². The molecule has 2 N–H and O–H groups in total. The van der Waals surface area contributed by atoms with Crippen LogP contribution in [0.15, 0.2) is 6.07 Å². The summed E-state index contributed by atoms with van der Waals surface area (Å²) in [6, 6.07) is 0.0289. The third kappa shape index (κ3) is 3.01. The molecule has 1 fully saturated rings. The summed E-state index contributed by atoms with van der Waals surface area (Å²) in [6.45, 7) is 0.259. The van der Waals surface area contributed by atoms with E-state index in [1.807, 2.05) is 0 Å². The van der Waals surface area contributed by atoms with Gasteiger partial charge in [-0.3, -0.25) is 0 Å².